The van der Waals surface area contributed by atoms with Gasteiger partial charge in [-0.15, -0.1) is 5.10 Å². The lowest BCUT2D eigenvalue weighted by atomic mass is 10.2. The van der Waals surface area contributed by atoms with Gasteiger partial charge in [-0.1, -0.05) is 35.5 Å². The number of nitrogens with zero attached hydrogens (tertiary/aromatic N) is 6. The Balaban J connectivity index is 1.35. The van der Waals surface area contributed by atoms with Gasteiger partial charge >= 0.3 is 0 Å². The highest BCUT2D eigenvalue weighted by molar-refractivity contribution is 5.91. The Morgan fingerprint density at radius 3 is 2.78 bits per heavy atom. The van der Waals surface area contributed by atoms with Crippen LogP contribution in [0, 0.1) is 0 Å². The van der Waals surface area contributed by atoms with Gasteiger partial charge in [-0.25, -0.2) is 18.4 Å². The number of carbonyl (C=O) groups is 2. The summed E-state index contributed by atoms with van der Waals surface area (Å²) in [6.07, 6.45) is 5.92. The molecule has 1 aromatic carbocycles. The second-order valence-electron chi connectivity index (χ2n) is 7.78. The molecular formula is C21H23F2N7O2. The van der Waals surface area contributed by atoms with E-state index in [0.29, 0.717) is 13.1 Å². The van der Waals surface area contributed by atoms with Gasteiger partial charge in [-0.3, -0.25) is 9.59 Å². The second-order valence-corrected chi connectivity index (χ2v) is 7.78. The molecule has 1 aliphatic rings. The molecule has 1 saturated heterocycles. The minimum atomic E-state index is -2.97. The summed E-state index contributed by atoms with van der Waals surface area (Å²) in [5.41, 5.74) is 1.02. The summed E-state index contributed by atoms with van der Waals surface area (Å²) in [6, 6.07) is 8.66. The minimum Gasteiger partial charge on any atom is -0.347 e. The number of alkyl halides is 2. The first-order valence-corrected chi connectivity index (χ1v) is 10.2. The average molecular weight is 443 g/mol. The maximum absolute atomic E-state index is 14.1. The lowest BCUT2D eigenvalue weighted by Gasteiger charge is -2.23. The number of aryl methyl sites for hydroxylation is 1. The lowest BCUT2D eigenvalue weighted by Crippen LogP contribution is -2.39. The van der Waals surface area contributed by atoms with Crippen LogP contribution in [0.2, 0.25) is 0 Å². The van der Waals surface area contributed by atoms with Gasteiger partial charge in [-0.05, 0) is 5.56 Å². The maximum Gasteiger partial charge on any atom is 0.273 e. The molecule has 9 nitrogen and oxygen atoms in total. The van der Waals surface area contributed by atoms with Crippen LogP contribution in [0.5, 0.6) is 0 Å². The Hall–Kier alpha value is -3.63. The van der Waals surface area contributed by atoms with Crippen LogP contribution in [0.1, 0.15) is 28.9 Å². The van der Waals surface area contributed by atoms with Crippen LogP contribution in [0.3, 0.4) is 0 Å². The summed E-state index contributed by atoms with van der Waals surface area (Å²) in [5.74, 6) is -3.74. The average Bonchev–Trinajstić information content (AvgIpc) is 3.52. The highest BCUT2D eigenvalue weighted by atomic mass is 19.3. The summed E-state index contributed by atoms with van der Waals surface area (Å²) in [6.45, 7) is 0.105. The van der Waals surface area contributed by atoms with Crippen LogP contribution in [-0.4, -0.2) is 59.8 Å². The number of carbonyl (C=O) groups excluding carboxylic acids is 2. The number of halogens is 2. The molecule has 3 heterocycles. The van der Waals surface area contributed by atoms with Crippen molar-refractivity contribution >= 4 is 11.8 Å². The van der Waals surface area contributed by atoms with E-state index in [2.05, 4.69) is 20.6 Å². The summed E-state index contributed by atoms with van der Waals surface area (Å²) >= 11 is 0. The Morgan fingerprint density at radius 2 is 2.03 bits per heavy atom. The zero-order chi connectivity index (χ0) is 22.6. The standard InChI is InChI=1S/C21H23F2N7O2/c22-21(23)10-17(30(14-21)19(31)6-8-28-9-7-24-15-28)12-29-13-18(26-27-29)20(32)25-11-16-4-2-1-3-5-16/h1-5,7,9,13,15,17H,6,8,10-12,14H2,(H,25,32). The molecule has 0 spiro atoms. The molecule has 4 rings (SSSR count). The monoisotopic (exact) mass is 443 g/mol. The van der Waals surface area contributed by atoms with E-state index >= 15 is 0 Å². The Morgan fingerprint density at radius 1 is 1.22 bits per heavy atom. The van der Waals surface area contributed by atoms with Crippen LogP contribution in [-0.2, 0) is 24.4 Å². The first-order valence-electron chi connectivity index (χ1n) is 10.2. The van der Waals surface area contributed by atoms with Crippen molar-refractivity contribution in [3.8, 4) is 0 Å². The van der Waals surface area contributed by atoms with Gasteiger partial charge in [0.2, 0.25) is 5.91 Å². The number of benzene rings is 1. The van der Waals surface area contributed by atoms with Gasteiger partial charge in [0.15, 0.2) is 5.69 Å². The van der Waals surface area contributed by atoms with E-state index in [4.69, 9.17) is 0 Å². The number of hydrogen-bond donors (Lipinski definition) is 1. The molecule has 1 unspecified atom stereocenters. The first-order chi connectivity index (χ1) is 15.4. The smallest absolute Gasteiger partial charge is 0.273 e. The number of nitrogens with one attached hydrogen (secondary N) is 1. The van der Waals surface area contributed by atoms with Crippen molar-refractivity contribution in [3.63, 3.8) is 0 Å². The predicted molar refractivity (Wildman–Crippen MR) is 110 cm³/mol. The molecule has 11 heteroatoms. The van der Waals surface area contributed by atoms with Crippen molar-refractivity contribution in [2.45, 2.75) is 44.4 Å². The van der Waals surface area contributed by atoms with E-state index in [9.17, 15) is 18.4 Å². The van der Waals surface area contributed by atoms with E-state index in [1.165, 1.54) is 15.8 Å². The molecule has 2 amide bonds. The van der Waals surface area contributed by atoms with Crippen LogP contribution in [0.25, 0.3) is 0 Å². The van der Waals surface area contributed by atoms with Crippen molar-refractivity contribution in [2.24, 2.45) is 0 Å². The number of rotatable bonds is 8. The molecule has 1 aliphatic heterocycles. The maximum atomic E-state index is 14.1. The molecule has 168 valence electrons. The highest BCUT2D eigenvalue weighted by Crippen LogP contribution is 2.33. The molecular weight excluding hydrogens is 420 g/mol. The Bertz CT molecular complexity index is 1050. The fourth-order valence-corrected chi connectivity index (χ4v) is 3.72. The summed E-state index contributed by atoms with van der Waals surface area (Å²) in [4.78, 5) is 30.0. The summed E-state index contributed by atoms with van der Waals surface area (Å²) < 4.78 is 31.2. The van der Waals surface area contributed by atoms with Gasteiger partial charge in [0.25, 0.3) is 11.8 Å². The summed E-state index contributed by atoms with van der Waals surface area (Å²) in [5, 5.41) is 10.5. The van der Waals surface area contributed by atoms with Crippen molar-refractivity contribution in [2.75, 3.05) is 6.54 Å². The van der Waals surface area contributed by atoms with Crippen LogP contribution < -0.4 is 5.32 Å². The van der Waals surface area contributed by atoms with Crippen LogP contribution in [0.15, 0.2) is 55.2 Å². The largest absolute Gasteiger partial charge is 0.347 e. The number of amides is 2. The van der Waals surface area contributed by atoms with Gasteiger partial charge in [0.05, 0.1) is 31.7 Å². The number of likely N-dealkylation sites (tertiary alicyclic amines) is 1. The SMILES string of the molecule is O=C(NCc1ccccc1)c1cn(CC2CC(F)(F)CN2C(=O)CCn2ccnc2)nn1. The molecule has 0 aliphatic carbocycles. The molecule has 0 saturated carbocycles. The Labute approximate surface area is 183 Å². The van der Waals surface area contributed by atoms with Gasteiger partial charge in [-0.2, -0.15) is 0 Å². The van der Waals surface area contributed by atoms with E-state index < -0.39 is 30.8 Å². The lowest BCUT2D eigenvalue weighted by molar-refractivity contribution is -0.133. The minimum absolute atomic E-state index is 0.0331. The molecule has 1 atom stereocenters. The van der Waals surface area contributed by atoms with E-state index in [1.807, 2.05) is 30.3 Å². The zero-order valence-corrected chi connectivity index (χ0v) is 17.3. The van der Waals surface area contributed by atoms with Gasteiger partial charge in [0.1, 0.15) is 0 Å². The van der Waals surface area contributed by atoms with Crippen molar-refractivity contribution in [1.82, 2.24) is 34.8 Å². The normalized spacial score (nSPS) is 17.4. The van der Waals surface area contributed by atoms with Crippen LogP contribution in [0.4, 0.5) is 8.78 Å². The number of imidazole rings is 1. The summed E-state index contributed by atoms with van der Waals surface area (Å²) in [7, 11) is 0. The topological polar surface area (TPSA) is 97.9 Å². The molecule has 1 N–H and O–H groups in total. The highest BCUT2D eigenvalue weighted by Gasteiger charge is 2.46. The van der Waals surface area contributed by atoms with Crippen LogP contribution >= 0.6 is 0 Å². The first kappa shape index (κ1) is 21.6. The third-order valence-corrected chi connectivity index (χ3v) is 5.31. The van der Waals surface area contributed by atoms with Gasteiger partial charge < -0.3 is 14.8 Å². The molecule has 1 fully saturated rings. The number of aromatic nitrogens is 5. The van der Waals surface area contributed by atoms with E-state index in [1.54, 1.807) is 23.3 Å². The third-order valence-electron chi connectivity index (χ3n) is 5.31. The van der Waals surface area contributed by atoms with E-state index in [0.717, 1.165) is 5.56 Å². The predicted octanol–water partition coefficient (Wildman–Crippen LogP) is 1.73. The zero-order valence-electron chi connectivity index (χ0n) is 17.3. The molecule has 32 heavy (non-hydrogen) atoms. The fourth-order valence-electron chi connectivity index (χ4n) is 3.72. The third kappa shape index (κ3) is 5.34. The molecule has 2 aromatic heterocycles. The van der Waals surface area contributed by atoms with Crippen molar-refractivity contribution in [3.05, 3.63) is 66.5 Å². The molecule has 0 bridgehead atoms. The number of hydrogen-bond acceptors (Lipinski definition) is 5. The quantitative estimate of drug-likeness (QED) is 0.572. The van der Waals surface area contributed by atoms with Crippen molar-refractivity contribution < 1.29 is 18.4 Å². The van der Waals surface area contributed by atoms with E-state index in [-0.39, 0.29) is 24.6 Å². The second kappa shape index (κ2) is 9.25. The van der Waals surface area contributed by atoms with Gasteiger partial charge in [0, 0.05) is 38.3 Å². The van der Waals surface area contributed by atoms with Crippen molar-refractivity contribution in [1.29, 1.82) is 0 Å². The molecule has 3 aromatic rings. The Kier molecular flexibility index (Phi) is 6.24. The fraction of sp³-hybridized carbons (Fsp3) is 0.381. The molecule has 0 radical (unpaired) electrons.